The minimum Gasteiger partial charge on any atom is -0.308 e. The molecule has 2 atom stereocenters. The highest BCUT2D eigenvalue weighted by Gasteiger charge is 2.32. The van der Waals surface area contributed by atoms with Crippen molar-refractivity contribution >= 4 is 11.8 Å². The molecular formula is C17H23N3S. The fourth-order valence-corrected chi connectivity index (χ4v) is 4.43. The minimum atomic E-state index is 0.347. The molecule has 3 rings (SSSR count). The van der Waals surface area contributed by atoms with Crippen molar-refractivity contribution in [1.29, 1.82) is 0 Å². The third-order valence-electron chi connectivity index (χ3n) is 4.07. The summed E-state index contributed by atoms with van der Waals surface area (Å²) < 4.78 is 2.17. The van der Waals surface area contributed by atoms with Crippen molar-refractivity contribution in [3.05, 3.63) is 47.8 Å². The molecule has 0 amide bonds. The van der Waals surface area contributed by atoms with Gasteiger partial charge in [0.2, 0.25) is 0 Å². The van der Waals surface area contributed by atoms with Gasteiger partial charge in [-0.25, -0.2) is 0 Å². The predicted molar refractivity (Wildman–Crippen MR) is 88.8 cm³/mol. The SMILES string of the molecule is CCCn1nccc1C(NCC)C1CSc2ccccc21. The Morgan fingerprint density at radius 2 is 2.19 bits per heavy atom. The van der Waals surface area contributed by atoms with Crippen LogP contribution in [0.2, 0.25) is 0 Å². The maximum Gasteiger partial charge on any atom is 0.0570 e. The summed E-state index contributed by atoms with van der Waals surface area (Å²) in [5.41, 5.74) is 2.80. The molecule has 0 radical (unpaired) electrons. The lowest BCUT2D eigenvalue weighted by Crippen LogP contribution is -2.29. The van der Waals surface area contributed by atoms with Gasteiger partial charge in [0.25, 0.3) is 0 Å². The Kier molecular flexibility index (Phi) is 4.66. The van der Waals surface area contributed by atoms with Crippen LogP contribution in [-0.4, -0.2) is 22.1 Å². The molecule has 3 nitrogen and oxygen atoms in total. The van der Waals surface area contributed by atoms with E-state index in [1.807, 2.05) is 18.0 Å². The zero-order valence-corrected chi connectivity index (χ0v) is 13.6. The van der Waals surface area contributed by atoms with Crippen LogP contribution in [0.25, 0.3) is 0 Å². The monoisotopic (exact) mass is 301 g/mol. The van der Waals surface area contributed by atoms with Crippen molar-refractivity contribution in [1.82, 2.24) is 15.1 Å². The molecule has 2 aromatic rings. The van der Waals surface area contributed by atoms with E-state index in [1.165, 1.54) is 16.2 Å². The molecule has 2 heterocycles. The second kappa shape index (κ2) is 6.67. The summed E-state index contributed by atoms with van der Waals surface area (Å²) >= 11 is 1.98. The predicted octanol–water partition coefficient (Wildman–Crippen LogP) is 3.83. The molecule has 1 aromatic carbocycles. The van der Waals surface area contributed by atoms with Gasteiger partial charge in [-0.15, -0.1) is 11.8 Å². The zero-order chi connectivity index (χ0) is 14.7. The highest BCUT2D eigenvalue weighted by Crippen LogP contribution is 2.45. The maximum absolute atomic E-state index is 4.51. The summed E-state index contributed by atoms with van der Waals surface area (Å²) in [6.45, 7) is 6.35. The van der Waals surface area contributed by atoms with E-state index in [0.29, 0.717) is 12.0 Å². The molecule has 2 unspecified atom stereocenters. The van der Waals surface area contributed by atoms with Gasteiger partial charge in [0.1, 0.15) is 0 Å². The molecule has 0 saturated heterocycles. The van der Waals surface area contributed by atoms with E-state index in [1.54, 1.807) is 0 Å². The highest BCUT2D eigenvalue weighted by atomic mass is 32.2. The smallest absolute Gasteiger partial charge is 0.0570 e. The molecular weight excluding hydrogens is 278 g/mol. The summed E-state index contributed by atoms with van der Waals surface area (Å²) in [5, 5.41) is 8.20. The van der Waals surface area contributed by atoms with Crippen LogP contribution >= 0.6 is 11.8 Å². The van der Waals surface area contributed by atoms with Crippen molar-refractivity contribution in [3.8, 4) is 0 Å². The van der Waals surface area contributed by atoms with Crippen molar-refractivity contribution in [2.24, 2.45) is 0 Å². The van der Waals surface area contributed by atoms with Gasteiger partial charge in [0.15, 0.2) is 0 Å². The van der Waals surface area contributed by atoms with E-state index in [0.717, 1.165) is 25.3 Å². The quantitative estimate of drug-likeness (QED) is 0.879. The Hall–Kier alpha value is -1.26. The third-order valence-corrected chi connectivity index (χ3v) is 5.28. The number of nitrogens with one attached hydrogen (secondary N) is 1. The fourth-order valence-electron chi connectivity index (χ4n) is 3.14. The molecule has 0 bridgehead atoms. The first-order valence-electron chi connectivity index (χ1n) is 7.82. The number of hydrogen-bond donors (Lipinski definition) is 1. The normalized spacial score (nSPS) is 18.7. The summed E-state index contributed by atoms with van der Waals surface area (Å²) in [6, 6.07) is 11.3. The first-order valence-corrected chi connectivity index (χ1v) is 8.80. The lowest BCUT2D eigenvalue weighted by Gasteiger charge is -2.25. The van der Waals surface area contributed by atoms with Crippen LogP contribution in [0, 0.1) is 0 Å². The van der Waals surface area contributed by atoms with Gasteiger partial charge in [-0.05, 0) is 30.7 Å². The second-order valence-electron chi connectivity index (χ2n) is 5.47. The molecule has 21 heavy (non-hydrogen) atoms. The Balaban J connectivity index is 1.94. The van der Waals surface area contributed by atoms with Gasteiger partial charge in [0, 0.05) is 29.3 Å². The number of fused-ring (bicyclic) bond motifs is 1. The van der Waals surface area contributed by atoms with Crippen molar-refractivity contribution < 1.29 is 0 Å². The van der Waals surface area contributed by atoms with Gasteiger partial charge in [-0.2, -0.15) is 5.10 Å². The number of aromatic nitrogens is 2. The average molecular weight is 301 g/mol. The molecule has 0 fully saturated rings. The van der Waals surface area contributed by atoms with E-state index in [2.05, 4.69) is 59.3 Å². The molecule has 1 aliphatic heterocycles. The van der Waals surface area contributed by atoms with Crippen molar-refractivity contribution in [3.63, 3.8) is 0 Å². The van der Waals surface area contributed by atoms with E-state index >= 15 is 0 Å². The van der Waals surface area contributed by atoms with E-state index in [9.17, 15) is 0 Å². The Bertz CT molecular complexity index is 593. The molecule has 1 N–H and O–H groups in total. The minimum absolute atomic E-state index is 0.347. The van der Waals surface area contributed by atoms with E-state index in [-0.39, 0.29) is 0 Å². The third kappa shape index (κ3) is 2.87. The van der Waals surface area contributed by atoms with Crippen molar-refractivity contribution in [2.45, 2.75) is 43.7 Å². The van der Waals surface area contributed by atoms with Crippen LogP contribution in [0.4, 0.5) is 0 Å². The standard InChI is InChI=1S/C17H23N3S/c1-3-11-20-15(9-10-19-20)17(18-4-2)14-12-21-16-8-6-5-7-13(14)16/h5-10,14,17-18H,3-4,11-12H2,1-2H3. The zero-order valence-electron chi connectivity index (χ0n) is 12.7. The van der Waals surface area contributed by atoms with Gasteiger partial charge < -0.3 is 5.32 Å². The van der Waals surface area contributed by atoms with Gasteiger partial charge in [0.05, 0.1) is 11.7 Å². The largest absolute Gasteiger partial charge is 0.308 e. The Morgan fingerprint density at radius 3 is 3.00 bits per heavy atom. The topological polar surface area (TPSA) is 29.9 Å². The lowest BCUT2D eigenvalue weighted by molar-refractivity contribution is 0.436. The number of benzene rings is 1. The summed E-state index contributed by atoms with van der Waals surface area (Å²) in [7, 11) is 0. The number of aryl methyl sites for hydroxylation is 1. The summed E-state index contributed by atoms with van der Waals surface area (Å²) in [6.07, 6.45) is 3.05. The number of hydrogen-bond acceptors (Lipinski definition) is 3. The molecule has 112 valence electrons. The summed E-state index contributed by atoms with van der Waals surface area (Å²) in [5.74, 6) is 1.67. The van der Waals surface area contributed by atoms with Crippen LogP contribution in [-0.2, 0) is 6.54 Å². The van der Waals surface area contributed by atoms with Gasteiger partial charge in [-0.3, -0.25) is 4.68 Å². The molecule has 0 aliphatic carbocycles. The van der Waals surface area contributed by atoms with Crippen LogP contribution in [0.5, 0.6) is 0 Å². The number of thioether (sulfide) groups is 1. The Labute approximate surface area is 131 Å². The molecule has 0 saturated carbocycles. The number of likely N-dealkylation sites (N-methyl/N-ethyl adjacent to an activating group) is 1. The number of rotatable bonds is 6. The van der Waals surface area contributed by atoms with Gasteiger partial charge in [-0.1, -0.05) is 32.0 Å². The molecule has 4 heteroatoms. The lowest BCUT2D eigenvalue weighted by atomic mass is 9.91. The maximum atomic E-state index is 4.51. The summed E-state index contributed by atoms with van der Waals surface area (Å²) in [4.78, 5) is 1.44. The first kappa shape index (κ1) is 14.7. The molecule has 0 spiro atoms. The first-order chi connectivity index (χ1) is 10.3. The van der Waals surface area contributed by atoms with E-state index in [4.69, 9.17) is 0 Å². The number of nitrogens with zero attached hydrogens (tertiary/aromatic N) is 2. The van der Waals surface area contributed by atoms with Crippen LogP contribution < -0.4 is 5.32 Å². The Morgan fingerprint density at radius 1 is 1.33 bits per heavy atom. The van der Waals surface area contributed by atoms with E-state index < -0.39 is 0 Å². The molecule has 1 aromatic heterocycles. The second-order valence-corrected chi connectivity index (χ2v) is 6.53. The van der Waals surface area contributed by atoms with Crippen LogP contribution in [0.3, 0.4) is 0 Å². The van der Waals surface area contributed by atoms with Gasteiger partial charge >= 0.3 is 0 Å². The average Bonchev–Trinajstić information content (AvgIpc) is 3.12. The highest BCUT2D eigenvalue weighted by molar-refractivity contribution is 7.99. The van der Waals surface area contributed by atoms with Crippen LogP contribution in [0.15, 0.2) is 41.4 Å². The van der Waals surface area contributed by atoms with Crippen LogP contribution in [0.1, 0.15) is 43.5 Å². The molecule has 1 aliphatic rings. The van der Waals surface area contributed by atoms with Crippen molar-refractivity contribution in [2.75, 3.05) is 12.3 Å². The fraction of sp³-hybridized carbons (Fsp3) is 0.471.